The highest BCUT2D eigenvalue weighted by molar-refractivity contribution is 6.00. The van der Waals surface area contributed by atoms with E-state index in [1.165, 1.54) is 25.1 Å². The number of ether oxygens (including phenoxy) is 2. The van der Waals surface area contributed by atoms with Gasteiger partial charge >= 0.3 is 0 Å². The van der Waals surface area contributed by atoms with Gasteiger partial charge in [-0.15, -0.1) is 0 Å². The lowest BCUT2D eigenvalue weighted by Gasteiger charge is -2.16. The van der Waals surface area contributed by atoms with Crippen LogP contribution in [0.4, 0.5) is 10.1 Å². The summed E-state index contributed by atoms with van der Waals surface area (Å²) in [5.41, 5.74) is 0.698. The molecule has 3 aromatic rings. The van der Waals surface area contributed by atoms with Gasteiger partial charge in [0.15, 0.2) is 11.6 Å². The van der Waals surface area contributed by atoms with Crippen molar-refractivity contribution in [2.24, 2.45) is 0 Å². The average molecular weight is 434 g/mol. The number of hydrogen-bond donors (Lipinski definition) is 2. The summed E-state index contributed by atoms with van der Waals surface area (Å²) in [5.74, 6) is -0.330. The molecule has 1 unspecified atom stereocenters. The molecule has 0 saturated carbocycles. The monoisotopic (exact) mass is 434 g/mol. The first-order valence-electron chi connectivity index (χ1n) is 9.91. The number of carbonyl (C=O) groups excluding carboxylic acids is 2. The van der Waals surface area contributed by atoms with Crippen LogP contribution in [0, 0.1) is 5.82 Å². The van der Waals surface area contributed by atoms with Gasteiger partial charge in [-0.25, -0.2) is 4.39 Å². The maximum absolute atomic E-state index is 14.4. The van der Waals surface area contributed by atoms with Crippen LogP contribution in [0.5, 0.6) is 17.2 Å². The van der Waals surface area contributed by atoms with E-state index in [1.807, 2.05) is 6.07 Å². The van der Waals surface area contributed by atoms with Crippen molar-refractivity contribution in [1.82, 2.24) is 5.32 Å². The van der Waals surface area contributed by atoms with Crippen LogP contribution in [0.2, 0.25) is 0 Å². The zero-order valence-electron chi connectivity index (χ0n) is 17.7. The molecule has 0 aromatic heterocycles. The maximum atomic E-state index is 14.4. The summed E-state index contributed by atoms with van der Waals surface area (Å²) < 4.78 is 25.2. The first kappa shape index (κ1) is 22.6. The maximum Gasteiger partial charge on any atom is 0.246 e. The number of hydrogen-bond acceptors (Lipinski definition) is 4. The predicted molar refractivity (Wildman–Crippen MR) is 121 cm³/mol. The third-order valence-electron chi connectivity index (χ3n) is 4.49. The Balaban J connectivity index is 1.62. The van der Waals surface area contributed by atoms with Crippen LogP contribution in [0.1, 0.15) is 12.5 Å². The van der Waals surface area contributed by atoms with Gasteiger partial charge in [-0.3, -0.25) is 9.59 Å². The summed E-state index contributed by atoms with van der Waals surface area (Å²) in [6.07, 6.45) is 2.93. The summed E-state index contributed by atoms with van der Waals surface area (Å²) in [5, 5.41) is 5.05. The third-order valence-corrected chi connectivity index (χ3v) is 4.49. The van der Waals surface area contributed by atoms with Crippen molar-refractivity contribution in [2.75, 3.05) is 12.4 Å². The molecule has 1 atom stereocenters. The van der Waals surface area contributed by atoms with Crippen LogP contribution >= 0.6 is 0 Å². The molecule has 0 spiro atoms. The molecule has 0 fully saturated rings. The zero-order valence-corrected chi connectivity index (χ0v) is 17.7. The number of para-hydroxylation sites is 2. The van der Waals surface area contributed by atoms with Gasteiger partial charge < -0.3 is 20.1 Å². The summed E-state index contributed by atoms with van der Waals surface area (Å²) in [6, 6.07) is 19.3. The van der Waals surface area contributed by atoms with Crippen LogP contribution < -0.4 is 20.1 Å². The number of amides is 2. The van der Waals surface area contributed by atoms with Gasteiger partial charge in [-0.05, 0) is 55.0 Å². The molecule has 0 aliphatic rings. The molecule has 2 amide bonds. The van der Waals surface area contributed by atoms with Gasteiger partial charge in [0.25, 0.3) is 0 Å². The highest BCUT2D eigenvalue weighted by Crippen LogP contribution is 2.31. The molecule has 0 radical (unpaired) electrons. The molecule has 3 aromatic carbocycles. The molecular formula is C25H23FN2O4. The van der Waals surface area contributed by atoms with E-state index in [4.69, 9.17) is 9.47 Å². The molecular weight excluding hydrogens is 411 g/mol. The van der Waals surface area contributed by atoms with Gasteiger partial charge in [0.1, 0.15) is 23.2 Å². The summed E-state index contributed by atoms with van der Waals surface area (Å²) in [6.45, 7) is 1.51. The van der Waals surface area contributed by atoms with Gasteiger partial charge in [0.05, 0.1) is 7.11 Å². The summed E-state index contributed by atoms with van der Waals surface area (Å²) in [7, 11) is 1.57. The normalized spacial score (nSPS) is 11.6. The van der Waals surface area contributed by atoms with E-state index < -0.39 is 23.7 Å². The van der Waals surface area contributed by atoms with E-state index in [2.05, 4.69) is 10.6 Å². The topological polar surface area (TPSA) is 76.7 Å². The van der Waals surface area contributed by atoms with Crippen LogP contribution in [0.3, 0.4) is 0 Å². The molecule has 32 heavy (non-hydrogen) atoms. The summed E-state index contributed by atoms with van der Waals surface area (Å²) >= 11 is 0. The van der Waals surface area contributed by atoms with E-state index in [9.17, 15) is 14.0 Å². The third kappa shape index (κ3) is 6.18. The lowest BCUT2D eigenvalue weighted by molar-refractivity contribution is -0.123. The fraction of sp³-hybridized carbons (Fsp3) is 0.120. The van der Waals surface area contributed by atoms with E-state index in [0.29, 0.717) is 11.5 Å². The SMILES string of the molecule is COc1ccc(/C=C/C(=O)NC(C)C(=O)Nc2c(F)cccc2Oc2ccccc2)cc1. The Morgan fingerprint density at radius 2 is 1.66 bits per heavy atom. The molecule has 0 heterocycles. The van der Waals surface area contributed by atoms with E-state index in [1.54, 1.807) is 67.8 Å². The predicted octanol–water partition coefficient (Wildman–Crippen LogP) is 4.78. The molecule has 3 rings (SSSR count). The van der Waals surface area contributed by atoms with E-state index in [0.717, 1.165) is 5.56 Å². The lowest BCUT2D eigenvalue weighted by atomic mass is 10.2. The van der Waals surface area contributed by atoms with Crippen molar-refractivity contribution in [1.29, 1.82) is 0 Å². The van der Waals surface area contributed by atoms with Crippen LogP contribution in [0.15, 0.2) is 78.9 Å². The number of anilines is 1. The summed E-state index contributed by atoms with van der Waals surface area (Å²) in [4.78, 5) is 24.7. The Morgan fingerprint density at radius 3 is 2.34 bits per heavy atom. The Morgan fingerprint density at radius 1 is 0.938 bits per heavy atom. The number of nitrogens with one attached hydrogen (secondary N) is 2. The first-order valence-corrected chi connectivity index (χ1v) is 9.91. The smallest absolute Gasteiger partial charge is 0.246 e. The van der Waals surface area contributed by atoms with Crippen molar-refractivity contribution in [3.63, 3.8) is 0 Å². The Labute approximate surface area is 185 Å². The first-order chi connectivity index (χ1) is 15.5. The Hall–Kier alpha value is -4.13. The van der Waals surface area contributed by atoms with E-state index in [-0.39, 0.29) is 11.4 Å². The standard InChI is InChI=1S/C25H23FN2O4/c1-17(27-23(29)16-13-18-11-14-19(31-2)15-12-18)25(30)28-24-21(26)9-6-10-22(24)32-20-7-4-3-5-8-20/h3-17H,1-2H3,(H,27,29)(H,28,30)/b16-13+. The van der Waals surface area contributed by atoms with Crippen LogP contribution in [-0.2, 0) is 9.59 Å². The molecule has 0 bridgehead atoms. The second-order valence-electron chi connectivity index (χ2n) is 6.85. The highest BCUT2D eigenvalue weighted by Gasteiger charge is 2.19. The minimum atomic E-state index is -0.910. The van der Waals surface area contributed by atoms with Crippen molar-refractivity contribution in [2.45, 2.75) is 13.0 Å². The fourth-order valence-corrected chi connectivity index (χ4v) is 2.77. The molecule has 2 N–H and O–H groups in total. The second-order valence-corrected chi connectivity index (χ2v) is 6.85. The Bertz CT molecular complexity index is 1100. The Kier molecular flexibility index (Phi) is 7.59. The number of methoxy groups -OCH3 is 1. The van der Waals surface area contributed by atoms with Gasteiger partial charge in [-0.2, -0.15) is 0 Å². The van der Waals surface area contributed by atoms with Crippen molar-refractivity contribution >= 4 is 23.6 Å². The van der Waals surface area contributed by atoms with Crippen molar-refractivity contribution < 1.29 is 23.5 Å². The van der Waals surface area contributed by atoms with Gasteiger partial charge in [-0.1, -0.05) is 36.4 Å². The molecule has 0 aliphatic heterocycles. The largest absolute Gasteiger partial charge is 0.497 e. The molecule has 0 saturated heterocycles. The van der Waals surface area contributed by atoms with Crippen LogP contribution in [0.25, 0.3) is 6.08 Å². The van der Waals surface area contributed by atoms with Crippen molar-refractivity contribution in [3.8, 4) is 17.2 Å². The lowest BCUT2D eigenvalue weighted by Crippen LogP contribution is -2.41. The van der Waals surface area contributed by atoms with Crippen LogP contribution in [-0.4, -0.2) is 25.0 Å². The van der Waals surface area contributed by atoms with Crippen molar-refractivity contribution in [3.05, 3.63) is 90.3 Å². The number of carbonyl (C=O) groups is 2. The highest BCUT2D eigenvalue weighted by atomic mass is 19.1. The number of benzene rings is 3. The minimum absolute atomic E-state index is 0.101. The zero-order chi connectivity index (χ0) is 22.9. The second kappa shape index (κ2) is 10.8. The minimum Gasteiger partial charge on any atom is -0.497 e. The molecule has 0 aliphatic carbocycles. The number of rotatable bonds is 8. The van der Waals surface area contributed by atoms with Gasteiger partial charge in [0, 0.05) is 6.08 Å². The van der Waals surface area contributed by atoms with E-state index >= 15 is 0 Å². The molecule has 6 nitrogen and oxygen atoms in total. The quantitative estimate of drug-likeness (QED) is 0.500. The molecule has 7 heteroatoms. The van der Waals surface area contributed by atoms with Gasteiger partial charge in [0.2, 0.25) is 11.8 Å². The average Bonchev–Trinajstić information content (AvgIpc) is 2.80. The number of halogens is 1. The molecule has 164 valence electrons. The fourth-order valence-electron chi connectivity index (χ4n) is 2.77.